The minimum absolute atomic E-state index is 0. The standard InChI is InChI=1S/C23H31N3O4.ClH/c1-3-30-23(28)20-13-15-12-16(6-9-19(15)26-20)25-22(27)21-18(10-11-24-21)14-4-7-17(29-2)8-5-14;/h6,9,12-14,17-18,21,24,26H,3-5,7-8,10-11H2,1-2H3,(H,25,27);1H/t14-,17-,18-,21-;/m0./s1. The van der Waals surface area contributed by atoms with Gasteiger partial charge in [0.05, 0.1) is 18.8 Å². The van der Waals surface area contributed by atoms with Crippen LogP contribution in [0.5, 0.6) is 0 Å². The van der Waals surface area contributed by atoms with E-state index in [1.54, 1.807) is 20.1 Å². The number of halogens is 1. The third-order valence-corrected chi connectivity index (χ3v) is 6.59. The van der Waals surface area contributed by atoms with Crippen LogP contribution in [0.15, 0.2) is 24.3 Å². The topological polar surface area (TPSA) is 92.4 Å². The lowest BCUT2D eigenvalue weighted by Gasteiger charge is -2.33. The molecule has 1 saturated carbocycles. The lowest BCUT2D eigenvalue weighted by atomic mass is 9.75. The Hall–Kier alpha value is -2.09. The summed E-state index contributed by atoms with van der Waals surface area (Å²) in [5, 5.41) is 7.35. The molecule has 7 nitrogen and oxygen atoms in total. The fraction of sp³-hybridized carbons (Fsp3) is 0.565. The molecule has 4 rings (SSSR count). The molecular formula is C23H32ClN3O4. The van der Waals surface area contributed by atoms with Gasteiger partial charge in [-0.3, -0.25) is 4.79 Å². The number of carbonyl (C=O) groups excluding carboxylic acids is 2. The number of aromatic amines is 1. The number of methoxy groups -OCH3 is 1. The van der Waals surface area contributed by atoms with Crippen molar-refractivity contribution in [1.82, 2.24) is 10.3 Å². The van der Waals surface area contributed by atoms with Crippen LogP contribution in [-0.4, -0.2) is 49.3 Å². The zero-order valence-corrected chi connectivity index (χ0v) is 18.9. The number of hydrogen-bond donors (Lipinski definition) is 3. The smallest absolute Gasteiger partial charge is 0.354 e. The molecule has 2 atom stereocenters. The maximum absolute atomic E-state index is 13.0. The molecule has 1 aromatic carbocycles. The van der Waals surface area contributed by atoms with Gasteiger partial charge in [-0.05, 0) is 81.7 Å². The largest absolute Gasteiger partial charge is 0.461 e. The predicted molar refractivity (Wildman–Crippen MR) is 123 cm³/mol. The number of aromatic nitrogens is 1. The van der Waals surface area contributed by atoms with E-state index in [1.165, 1.54) is 0 Å². The van der Waals surface area contributed by atoms with Crippen molar-refractivity contribution in [2.45, 2.75) is 51.2 Å². The molecule has 0 spiro atoms. The molecule has 1 aliphatic heterocycles. The molecule has 170 valence electrons. The first-order valence-electron chi connectivity index (χ1n) is 11.0. The summed E-state index contributed by atoms with van der Waals surface area (Å²) in [6, 6.07) is 7.22. The number of amides is 1. The van der Waals surface area contributed by atoms with Crippen LogP contribution in [0.4, 0.5) is 5.69 Å². The van der Waals surface area contributed by atoms with Crippen LogP contribution in [0.2, 0.25) is 0 Å². The van der Waals surface area contributed by atoms with E-state index < -0.39 is 0 Å². The van der Waals surface area contributed by atoms with Gasteiger partial charge in [-0.2, -0.15) is 0 Å². The summed E-state index contributed by atoms with van der Waals surface area (Å²) in [6.07, 6.45) is 5.83. The van der Waals surface area contributed by atoms with E-state index >= 15 is 0 Å². The van der Waals surface area contributed by atoms with Gasteiger partial charge in [0.2, 0.25) is 5.91 Å². The van der Waals surface area contributed by atoms with Gasteiger partial charge >= 0.3 is 5.97 Å². The highest BCUT2D eigenvalue weighted by Crippen LogP contribution is 2.37. The molecule has 2 fully saturated rings. The Morgan fingerprint density at radius 2 is 1.90 bits per heavy atom. The monoisotopic (exact) mass is 449 g/mol. The van der Waals surface area contributed by atoms with E-state index in [9.17, 15) is 9.59 Å². The number of hydrogen-bond acceptors (Lipinski definition) is 5. The molecule has 2 aliphatic rings. The first kappa shape index (κ1) is 23.6. The lowest BCUT2D eigenvalue weighted by molar-refractivity contribution is -0.119. The Morgan fingerprint density at radius 1 is 1.13 bits per heavy atom. The van der Waals surface area contributed by atoms with Crippen LogP contribution >= 0.6 is 12.4 Å². The quantitative estimate of drug-likeness (QED) is 0.582. The summed E-state index contributed by atoms with van der Waals surface area (Å²) in [4.78, 5) is 28.0. The molecular weight excluding hydrogens is 418 g/mol. The van der Waals surface area contributed by atoms with Crippen molar-refractivity contribution in [3.8, 4) is 0 Å². The number of benzene rings is 1. The van der Waals surface area contributed by atoms with Gasteiger partial charge in [-0.1, -0.05) is 0 Å². The minimum Gasteiger partial charge on any atom is -0.461 e. The summed E-state index contributed by atoms with van der Waals surface area (Å²) in [5.74, 6) is 0.586. The van der Waals surface area contributed by atoms with Crippen molar-refractivity contribution in [2.24, 2.45) is 11.8 Å². The molecule has 31 heavy (non-hydrogen) atoms. The lowest BCUT2D eigenvalue weighted by Crippen LogP contribution is -2.43. The molecule has 0 bridgehead atoms. The third-order valence-electron chi connectivity index (χ3n) is 6.59. The predicted octanol–water partition coefficient (Wildman–Crippen LogP) is 3.89. The summed E-state index contributed by atoms with van der Waals surface area (Å²) < 4.78 is 10.5. The maximum Gasteiger partial charge on any atom is 0.354 e. The van der Waals surface area contributed by atoms with E-state index in [1.807, 2.05) is 18.2 Å². The molecule has 1 aliphatic carbocycles. The van der Waals surface area contributed by atoms with Crippen LogP contribution in [0.3, 0.4) is 0 Å². The number of H-pyrrole nitrogens is 1. The van der Waals surface area contributed by atoms with Crippen molar-refractivity contribution in [2.75, 3.05) is 25.6 Å². The average Bonchev–Trinajstić information content (AvgIpc) is 3.41. The van der Waals surface area contributed by atoms with Crippen molar-refractivity contribution >= 4 is 40.9 Å². The van der Waals surface area contributed by atoms with Crippen LogP contribution < -0.4 is 10.6 Å². The van der Waals surface area contributed by atoms with Crippen LogP contribution in [0.25, 0.3) is 10.9 Å². The number of rotatable bonds is 6. The number of anilines is 1. The minimum atomic E-state index is -0.375. The fourth-order valence-corrected chi connectivity index (χ4v) is 5.02. The summed E-state index contributed by atoms with van der Waals surface area (Å²) in [6.45, 7) is 2.99. The van der Waals surface area contributed by atoms with Crippen molar-refractivity contribution in [3.05, 3.63) is 30.0 Å². The Morgan fingerprint density at radius 3 is 2.61 bits per heavy atom. The molecule has 8 heteroatoms. The normalized spacial score (nSPS) is 25.7. The SMILES string of the molecule is CCOC(=O)c1cc2cc(NC(=O)[C@H]3NCC[C@H]3[C@H]3CC[C@H](OC)CC3)ccc2[nH]1.Cl. The molecule has 2 heterocycles. The Balaban J connectivity index is 0.00000272. The van der Waals surface area contributed by atoms with Gasteiger partial charge in [0.1, 0.15) is 5.69 Å². The van der Waals surface area contributed by atoms with Gasteiger partial charge < -0.3 is 25.1 Å². The second-order valence-electron chi connectivity index (χ2n) is 8.35. The molecule has 1 amide bonds. The number of nitrogens with one attached hydrogen (secondary N) is 3. The average molecular weight is 450 g/mol. The molecule has 1 aromatic heterocycles. The van der Waals surface area contributed by atoms with Crippen LogP contribution in [-0.2, 0) is 14.3 Å². The molecule has 2 aromatic rings. The van der Waals surface area contributed by atoms with Gasteiger partial charge in [0.15, 0.2) is 0 Å². The van der Waals surface area contributed by atoms with Crippen molar-refractivity contribution in [3.63, 3.8) is 0 Å². The van der Waals surface area contributed by atoms with Gasteiger partial charge in [0, 0.05) is 23.7 Å². The molecule has 3 N–H and O–H groups in total. The van der Waals surface area contributed by atoms with Crippen LogP contribution in [0, 0.1) is 11.8 Å². The van der Waals surface area contributed by atoms with Gasteiger partial charge in [-0.25, -0.2) is 4.79 Å². The summed E-state index contributed by atoms with van der Waals surface area (Å²) >= 11 is 0. The highest BCUT2D eigenvalue weighted by molar-refractivity contribution is 5.99. The Labute approximate surface area is 189 Å². The third kappa shape index (κ3) is 5.22. The Kier molecular flexibility index (Phi) is 7.97. The van der Waals surface area contributed by atoms with Gasteiger partial charge in [-0.15, -0.1) is 12.4 Å². The van der Waals surface area contributed by atoms with E-state index in [0.29, 0.717) is 30.2 Å². The van der Waals surface area contributed by atoms with Gasteiger partial charge in [0.25, 0.3) is 0 Å². The van der Waals surface area contributed by atoms with Crippen LogP contribution in [0.1, 0.15) is 49.5 Å². The number of esters is 1. The first-order valence-corrected chi connectivity index (χ1v) is 11.0. The maximum atomic E-state index is 13.0. The fourth-order valence-electron chi connectivity index (χ4n) is 5.02. The van der Waals surface area contributed by atoms with E-state index in [4.69, 9.17) is 9.47 Å². The van der Waals surface area contributed by atoms with E-state index in [0.717, 1.165) is 55.2 Å². The highest BCUT2D eigenvalue weighted by Gasteiger charge is 2.39. The Bertz CT molecular complexity index is 907. The summed E-state index contributed by atoms with van der Waals surface area (Å²) in [5.41, 5.74) is 1.99. The summed E-state index contributed by atoms with van der Waals surface area (Å²) in [7, 11) is 1.79. The molecule has 0 radical (unpaired) electrons. The van der Waals surface area contributed by atoms with Crippen molar-refractivity contribution < 1.29 is 19.1 Å². The number of fused-ring (bicyclic) bond motifs is 1. The molecule has 1 saturated heterocycles. The highest BCUT2D eigenvalue weighted by atomic mass is 35.5. The second kappa shape index (κ2) is 10.5. The second-order valence-corrected chi connectivity index (χ2v) is 8.35. The number of ether oxygens (including phenoxy) is 2. The zero-order chi connectivity index (χ0) is 21.1. The van der Waals surface area contributed by atoms with Crippen molar-refractivity contribution in [1.29, 1.82) is 0 Å². The van der Waals surface area contributed by atoms with E-state index in [2.05, 4.69) is 15.6 Å². The molecule has 0 unspecified atom stereocenters. The van der Waals surface area contributed by atoms with E-state index in [-0.39, 0.29) is 30.3 Å². The zero-order valence-electron chi connectivity index (χ0n) is 18.1. The number of carbonyl (C=O) groups is 2. The first-order chi connectivity index (χ1) is 14.6.